The minimum atomic E-state index is -3.25. The van der Waals surface area contributed by atoms with Gasteiger partial charge in [-0.05, 0) is 56.4 Å². The summed E-state index contributed by atoms with van der Waals surface area (Å²) in [5.74, 6) is 0.630. The molecule has 1 aromatic rings. The predicted molar refractivity (Wildman–Crippen MR) is 108 cm³/mol. The van der Waals surface area contributed by atoms with Crippen LogP contribution in [0.4, 0.5) is 0 Å². The molecule has 0 spiro atoms. The molecule has 4 nitrogen and oxygen atoms in total. The van der Waals surface area contributed by atoms with E-state index in [0.29, 0.717) is 25.7 Å². The van der Waals surface area contributed by atoms with Crippen LogP contribution in [0.5, 0.6) is 0 Å². The average molecular weight is 381 g/mol. The van der Waals surface area contributed by atoms with Gasteiger partial charge in [-0.3, -0.25) is 9.88 Å². The van der Waals surface area contributed by atoms with Gasteiger partial charge in [-0.1, -0.05) is 51.1 Å². The minimum absolute atomic E-state index is 0.271. The maximum Gasteiger partial charge on any atom is 0.350 e. The molecule has 26 heavy (non-hydrogen) atoms. The first-order chi connectivity index (χ1) is 12.3. The van der Waals surface area contributed by atoms with E-state index < -0.39 is 12.9 Å². The van der Waals surface area contributed by atoms with Crippen molar-refractivity contribution in [3.8, 4) is 0 Å². The molecule has 2 rings (SSSR count). The van der Waals surface area contributed by atoms with E-state index in [4.69, 9.17) is 9.05 Å². The van der Waals surface area contributed by atoms with Crippen molar-refractivity contribution < 1.29 is 13.6 Å². The van der Waals surface area contributed by atoms with E-state index >= 15 is 0 Å². The van der Waals surface area contributed by atoms with Crippen molar-refractivity contribution in [2.45, 2.75) is 72.1 Å². The molecule has 5 heteroatoms. The van der Waals surface area contributed by atoms with Crippen LogP contribution in [0.1, 0.15) is 65.9 Å². The second-order valence-corrected chi connectivity index (χ2v) is 10.7. The molecule has 1 aliphatic carbocycles. The number of benzene rings is 1. The Bertz CT molecular complexity index is 579. The standard InChI is InChI=1S/C21H36NO3P/c1-6-24-26(23,25-7-2)21(22-17-18-11-9-8-10-12-18)15-13-19(14-16-21)20(3,4)5/h8-12,19,22H,6-7,13-17H2,1-5H3. The smallest absolute Gasteiger partial charge is 0.308 e. The van der Waals surface area contributed by atoms with Crippen molar-refractivity contribution in [3.05, 3.63) is 35.9 Å². The highest BCUT2D eigenvalue weighted by Gasteiger charge is 2.53. The molecule has 0 bridgehead atoms. The highest BCUT2D eigenvalue weighted by atomic mass is 31.2. The van der Waals surface area contributed by atoms with Gasteiger partial charge in [0.15, 0.2) is 0 Å². The molecule has 148 valence electrons. The van der Waals surface area contributed by atoms with E-state index in [-0.39, 0.29) is 5.41 Å². The fourth-order valence-corrected chi connectivity index (χ4v) is 6.32. The summed E-state index contributed by atoms with van der Waals surface area (Å²) in [6, 6.07) is 10.3. The van der Waals surface area contributed by atoms with E-state index in [0.717, 1.165) is 25.7 Å². The van der Waals surface area contributed by atoms with Crippen LogP contribution in [0.25, 0.3) is 0 Å². The maximum absolute atomic E-state index is 13.8. The van der Waals surface area contributed by atoms with Crippen LogP contribution in [0.3, 0.4) is 0 Å². The molecule has 1 saturated carbocycles. The van der Waals surface area contributed by atoms with Crippen molar-refractivity contribution in [1.82, 2.24) is 5.32 Å². The van der Waals surface area contributed by atoms with Crippen LogP contribution in [-0.2, 0) is 20.2 Å². The SMILES string of the molecule is CCOP(=O)(OCC)C1(NCc2ccccc2)CCC(C(C)(C)C)CC1. The normalized spacial score (nSPS) is 24.6. The Morgan fingerprint density at radius 2 is 1.62 bits per heavy atom. The van der Waals surface area contributed by atoms with Gasteiger partial charge in [0.05, 0.1) is 13.2 Å². The molecule has 0 amide bonds. The van der Waals surface area contributed by atoms with Crippen molar-refractivity contribution in [2.24, 2.45) is 11.3 Å². The molecule has 1 aliphatic rings. The molecule has 1 N–H and O–H groups in total. The van der Waals surface area contributed by atoms with E-state index in [1.807, 2.05) is 32.0 Å². The van der Waals surface area contributed by atoms with Crippen LogP contribution in [0.15, 0.2) is 30.3 Å². The Balaban J connectivity index is 2.25. The highest BCUT2D eigenvalue weighted by Crippen LogP contribution is 2.65. The van der Waals surface area contributed by atoms with E-state index in [2.05, 4.69) is 38.2 Å². The van der Waals surface area contributed by atoms with Gasteiger partial charge in [-0.25, -0.2) is 0 Å². The third-order valence-electron chi connectivity index (χ3n) is 5.62. The summed E-state index contributed by atoms with van der Waals surface area (Å²) in [6.45, 7) is 12.1. The lowest BCUT2D eigenvalue weighted by molar-refractivity contribution is 0.114. The number of hydrogen-bond acceptors (Lipinski definition) is 4. The average Bonchev–Trinajstić information content (AvgIpc) is 2.61. The molecule has 0 atom stereocenters. The zero-order valence-electron chi connectivity index (χ0n) is 17.1. The molecule has 0 aromatic heterocycles. The van der Waals surface area contributed by atoms with Crippen molar-refractivity contribution in [2.75, 3.05) is 13.2 Å². The molecule has 0 radical (unpaired) electrons. The van der Waals surface area contributed by atoms with Crippen LogP contribution >= 0.6 is 7.60 Å². The molecule has 1 fully saturated rings. The van der Waals surface area contributed by atoms with Gasteiger partial charge in [0, 0.05) is 6.54 Å². The lowest BCUT2D eigenvalue weighted by atomic mass is 9.71. The summed E-state index contributed by atoms with van der Waals surface area (Å²) in [7, 11) is -3.25. The second kappa shape index (κ2) is 9.01. The molecular formula is C21H36NO3P. The Morgan fingerprint density at radius 3 is 2.08 bits per heavy atom. The van der Waals surface area contributed by atoms with Crippen LogP contribution < -0.4 is 5.32 Å². The fourth-order valence-electron chi connectivity index (χ4n) is 4.00. The first kappa shape index (κ1) is 21.6. The monoisotopic (exact) mass is 381 g/mol. The van der Waals surface area contributed by atoms with Crippen LogP contribution in [0.2, 0.25) is 0 Å². The Kier molecular flexibility index (Phi) is 7.50. The number of nitrogens with one attached hydrogen (secondary N) is 1. The van der Waals surface area contributed by atoms with Gasteiger partial charge >= 0.3 is 7.60 Å². The summed E-state index contributed by atoms with van der Waals surface area (Å²) < 4.78 is 25.3. The summed E-state index contributed by atoms with van der Waals surface area (Å²) in [5, 5.41) is 3.02. The van der Waals surface area contributed by atoms with Gasteiger partial charge in [-0.2, -0.15) is 0 Å². The third kappa shape index (κ3) is 4.98. The highest BCUT2D eigenvalue weighted by molar-refractivity contribution is 7.55. The largest absolute Gasteiger partial charge is 0.350 e. The Labute approximate surface area is 159 Å². The second-order valence-electron chi connectivity index (χ2n) is 8.34. The van der Waals surface area contributed by atoms with Crippen LogP contribution in [0, 0.1) is 11.3 Å². The van der Waals surface area contributed by atoms with Crippen molar-refractivity contribution in [3.63, 3.8) is 0 Å². The molecule has 0 unspecified atom stereocenters. The van der Waals surface area contributed by atoms with Gasteiger partial charge < -0.3 is 9.05 Å². The Morgan fingerprint density at radius 1 is 1.08 bits per heavy atom. The molecule has 0 saturated heterocycles. The molecular weight excluding hydrogens is 345 g/mol. The number of hydrogen-bond donors (Lipinski definition) is 1. The summed E-state index contributed by atoms with van der Waals surface area (Å²) >= 11 is 0. The zero-order valence-corrected chi connectivity index (χ0v) is 18.0. The van der Waals surface area contributed by atoms with E-state index in [9.17, 15) is 4.57 Å². The summed E-state index contributed by atoms with van der Waals surface area (Å²) in [5.41, 5.74) is 1.46. The lowest BCUT2D eigenvalue weighted by Gasteiger charge is -2.46. The molecule has 1 aromatic carbocycles. The third-order valence-corrected chi connectivity index (χ3v) is 8.47. The predicted octanol–water partition coefficient (Wildman–Crippen LogP) is 5.97. The fraction of sp³-hybridized carbons (Fsp3) is 0.714. The molecule has 0 aliphatic heterocycles. The van der Waals surface area contributed by atoms with Gasteiger partial charge in [0.2, 0.25) is 0 Å². The van der Waals surface area contributed by atoms with Gasteiger partial charge in [0.1, 0.15) is 5.28 Å². The topological polar surface area (TPSA) is 47.6 Å². The van der Waals surface area contributed by atoms with E-state index in [1.165, 1.54) is 5.56 Å². The number of rotatable bonds is 8. The molecule has 0 heterocycles. The quantitative estimate of drug-likeness (QED) is 0.563. The van der Waals surface area contributed by atoms with Crippen LogP contribution in [-0.4, -0.2) is 18.5 Å². The minimum Gasteiger partial charge on any atom is -0.308 e. The maximum atomic E-state index is 13.8. The Hall–Kier alpha value is -0.670. The van der Waals surface area contributed by atoms with E-state index in [1.54, 1.807) is 0 Å². The summed E-state index contributed by atoms with van der Waals surface area (Å²) in [4.78, 5) is 0. The first-order valence-corrected chi connectivity index (χ1v) is 11.5. The van der Waals surface area contributed by atoms with Crippen molar-refractivity contribution in [1.29, 1.82) is 0 Å². The van der Waals surface area contributed by atoms with Gasteiger partial charge in [-0.15, -0.1) is 0 Å². The zero-order chi connectivity index (χ0) is 19.3. The summed E-state index contributed by atoms with van der Waals surface area (Å²) in [6.07, 6.45) is 3.71. The lowest BCUT2D eigenvalue weighted by Crippen LogP contribution is -2.49. The first-order valence-electron chi connectivity index (χ1n) is 9.94. The van der Waals surface area contributed by atoms with Crippen molar-refractivity contribution >= 4 is 7.60 Å². The van der Waals surface area contributed by atoms with Gasteiger partial charge in [0.25, 0.3) is 0 Å².